The highest BCUT2D eigenvalue weighted by molar-refractivity contribution is 7.89. The Morgan fingerprint density at radius 3 is 2.19 bits per heavy atom. The zero-order valence-electron chi connectivity index (χ0n) is 15.9. The summed E-state index contributed by atoms with van der Waals surface area (Å²) in [4.78, 5) is 1.14. The molecule has 150 valence electrons. The first-order chi connectivity index (χ1) is 12.3. The normalized spacial score (nSPS) is 14.0. The van der Waals surface area contributed by atoms with Crippen molar-refractivity contribution in [1.29, 1.82) is 0 Å². The van der Waals surface area contributed by atoms with Crippen LogP contribution in [0.3, 0.4) is 0 Å². The molecule has 2 aromatic rings. The van der Waals surface area contributed by atoms with Crippen LogP contribution in [0.1, 0.15) is 22.5 Å². The molecule has 0 fully saturated rings. The number of halogens is 3. The van der Waals surface area contributed by atoms with Gasteiger partial charge in [0.25, 0.3) is 0 Å². The third-order valence-corrected chi connectivity index (χ3v) is 6.33. The van der Waals surface area contributed by atoms with Crippen LogP contribution in [0.4, 0.5) is 13.2 Å². The summed E-state index contributed by atoms with van der Waals surface area (Å²) < 4.78 is 65.6. The van der Waals surface area contributed by atoms with E-state index in [4.69, 9.17) is 0 Å². The summed E-state index contributed by atoms with van der Waals surface area (Å²) in [7, 11) is 1.20. The van der Waals surface area contributed by atoms with Crippen molar-refractivity contribution in [2.75, 3.05) is 21.1 Å². The highest BCUT2D eigenvalue weighted by Gasteiger charge is 2.30. The van der Waals surface area contributed by atoms with Gasteiger partial charge in [0.2, 0.25) is 10.0 Å². The average molecular weight is 405 g/mol. The van der Waals surface area contributed by atoms with Crippen LogP contribution in [0.5, 0.6) is 0 Å². The minimum atomic E-state index is -4.35. The van der Waals surface area contributed by atoms with Crippen LogP contribution >= 0.6 is 0 Å². The molecule has 1 N–H and O–H groups in total. The topological polar surface area (TPSA) is 59.6 Å². The monoisotopic (exact) mass is 405 g/mol. The first kappa shape index (κ1) is 21.4. The van der Waals surface area contributed by atoms with Gasteiger partial charge >= 0.3 is 6.18 Å². The number of alkyl halides is 3. The molecule has 1 unspecified atom stereocenters. The summed E-state index contributed by atoms with van der Waals surface area (Å²) in [5.74, 6) is 0. The number of hydrogen-bond donors (Lipinski definition) is 1. The van der Waals surface area contributed by atoms with Crippen molar-refractivity contribution < 1.29 is 26.5 Å². The molecule has 0 saturated heterocycles. The Labute approximate surface area is 157 Å². The minimum absolute atomic E-state index is 0.190. The van der Waals surface area contributed by atoms with Gasteiger partial charge in [0.15, 0.2) is 6.67 Å². The Morgan fingerprint density at radius 2 is 1.70 bits per heavy atom. The Morgan fingerprint density at radius 1 is 1.15 bits per heavy atom. The van der Waals surface area contributed by atoms with Crippen molar-refractivity contribution in [2.24, 2.45) is 0 Å². The summed E-state index contributed by atoms with van der Waals surface area (Å²) in [6.45, 7) is 4.20. The first-order valence-corrected chi connectivity index (χ1v) is 9.72. The molecule has 0 radical (unpaired) electrons. The predicted molar refractivity (Wildman–Crippen MR) is 94.6 cm³/mol. The number of nitrogens with zero attached hydrogens (tertiary/aromatic N) is 3. The van der Waals surface area contributed by atoms with E-state index in [2.05, 4.69) is 5.10 Å². The van der Waals surface area contributed by atoms with Crippen LogP contribution < -0.4 is 4.90 Å². The predicted octanol–water partition coefficient (Wildman–Crippen LogP) is 1.44. The highest BCUT2D eigenvalue weighted by atomic mass is 32.2. The van der Waals surface area contributed by atoms with Gasteiger partial charge in [-0.2, -0.15) is 18.3 Å². The Balaban J connectivity index is 2.16. The van der Waals surface area contributed by atoms with Gasteiger partial charge in [0, 0.05) is 19.7 Å². The molecule has 1 heterocycles. The minimum Gasteiger partial charge on any atom is -0.315 e. The van der Waals surface area contributed by atoms with E-state index in [0.717, 1.165) is 26.9 Å². The zero-order chi connectivity index (χ0) is 20.6. The summed E-state index contributed by atoms with van der Waals surface area (Å²) in [5.41, 5.74) is 1.03. The fourth-order valence-electron chi connectivity index (χ4n) is 2.86. The molecule has 0 bridgehead atoms. The van der Waals surface area contributed by atoms with Gasteiger partial charge in [-0.15, -0.1) is 0 Å². The molecule has 6 nitrogen and oxygen atoms in total. The van der Waals surface area contributed by atoms with Crippen LogP contribution in [0.25, 0.3) is 0 Å². The molecule has 0 spiro atoms. The van der Waals surface area contributed by atoms with E-state index in [9.17, 15) is 21.6 Å². The van der Waals surface area contributed by atoms with Gasteiger partial charge in [0.05, 0.1) is 24.0 Å². The quantitative estimate of drug-likeness (QED) is 0.791. The van der Waals surface area contributed by atoms with Crippen LogP contribution in [0.2, 0.25) is 0 Å². The second kappa shape index (κ2) is 7.61. The molecule has 1 aromatic carbocycles. The number of aromatic nitrogens is 2. The lowest BCUT2D eigenvalue weighted by Gasteiger charge is -2.16. The van der Waals surface area contributed by atoms with E-state index in [1.807, 2.05) is 7.05 Å². The number of quaternary nitrogens is 1. The fraction of sp³-hybridized carbons (Fsp3) is 0.471. The van der Waals surface area contributed by atoms with E-state index in [1.165, 1.54) is 26.2 Å². The van der Waals surface area contributed by atoms with Crippen LogP contribution in [0.15, 0.2) is 29.2 Å². The SMILES string of the molecule is Cc1nn(C[NH+](C)Cc2ccc(C(F)(F)F)cc2)c(C)c1S(=O)(=O)N(C)C. The van der Waals surface area contributed by atoms with Crippen molar-refractivity contribution in [1.82, 2.24) is 14.1 Å². The zero-order valence-corrected chi connectivity index (χ0v) is 16.7. The Bertz CT molecular complexity index is 903. The highest BCUT2D eigenvalue weighted by Crippen LogP contribution is 2.29. The molecular weight excluding hydrogens is 381 g/mol. The van der Waals surface area contributed by atoms with Crippen LogP contribution in [-0.4, -0.2) is 43.6 Å². The van der Waals surface area contributed by atoms with Crippen molar-refractivity contribution in [2.45, 2.75) is 38.1 Å². The molecule has 0 aliphatic carbocycles. The van der Waals surface area contributed by atoms with E-state index < -0.39 is 21.8 Å². The molecule has 0 aliphatic heterocycles. The number of aryl methyl sites for hydroxylation is 1. The second-order valence-electron chi connectivity index (χ2n) is 6.77. The maximum atomic E-state index is 12.6. The number of nitrogens with one attached hydrogen (secondary N) is 1. The molecule has 0 saturated carbocycles. The Hall–Kier alpha value is -1.91. The lowest BCUT2D eigenvalue weighted by molar-refractivity contribution is -0.917. The third kappa shape index (κ3) is 4.69. The van der Waals surface area contributed by atoms with Gasteiger partial charge in [-0.1, -0.05) is 12.1 Å². The van der Waals surface area contributed by atoms with Crippen LogP contribution in [-0.2, 0) is 29.4 Å². The standard InChI is InChI=1S/C17H23F3N4O2S/c1-12-16(27(25,26)22(3)4)13(2)24(21-12)11-23(5)10-14-6-8-15(9-7-14)17(18,19)20/h6-9H,10-11H2,1-5H3/p+1. The maximum Gasteiger partial charge on any atom is 0.416 e. The maximum absolute atomic E-state index is 12.6. The van der Waals surface area contributed by atoms with Crippen molar-refractivity contribution in [3.63, 3.8) is 0 Å². The van der Waals surface area contributed by atoms with Crippen molar-refractivity contribution >= 4 is 10.0 Å². The average Bonchev–Trinajstić information content (AvgIpc) is 2.81. The molecule has 1 atom stereocenters. The summed E-state index contributed by atoms with van der Waals surface area (Å²) in [5, 5.41) is 4.33. The van der Waals surface area contributed by atoms with Gasteiger partial charge in [-0.3, -0.25) is 0 Å². The molecule has 0 aliphatic rings. The van der Waals surface area contributed by atoms with E-state index in [0.29, 0.717) is 24.6 Å². The van der Waals surface area contributed by atoms with E-state index in [-0.39, 0.29) is 4.90 Å². The van der Waals surface area contributed by atoms with Crippen molar-refractivity contribution in [3.05, 3.63) is 46.8 Å². The van der Waals surface area contributed by atoms with Gasteiger partial charge in [-0.05, 0) is 26.0 Å². The fourth-order valence-corrected chi connectivity index (χ4v) is 4.12. The molecule has 0 amide bonds. The molecule has 1 aromatic heterocycles. The summed E-state index contributed by atoms with van der Waals surface area (Å²) >= 11 is 0. The smallest absolute Gasteiger partial charge is 0.315 e. The third-order valence-electron chi connectivity index (χ3n) is 4.26. The molecular formula is C17H24F3N4O2S+. The summed E-state index contributed by atoms with van der Waals surface area (Å²) in [6.07, 6.45) is -4.35. The lowest BCUT2D eigenvalue weighted by atomic mass is 10.1. The number of benzene rings is 1. The lowest BCUT2D eigenvalue weighted by Crippen LogP contribution is -3.07. The van der Waals surface area contributed by atoms with Gasteiger partial charge in [-0.25, -0.2) is 17.4 Å². The number of sulfonamides is 1. The van der Waals surface area contributed by atoms with Crippen molar-refractivity contribution in [3.8, 4) is 0 Å². The summed E-state index contributed by atoms with van der Waals surface area (Å²) in [6, 6.07) is 5.03. The molecule has 2 rings (SSSR count). The number of hydrogen-bond acceptors (Lipinski definition) is 3. The largest absolute Gasteiger partial charge is 0.416 e. The first-order valence-electron chi connectivity index (χ1n) is 8.28. The van der Waals surface area contributed by atoms with Gasteiger partial charge < -0.3 is 4.90 Å². The van der Waals surface area contributed by atoms with Crippen LogP contribution in [0, 0.1) is 13.8 Å². The molecule has 10 heteroatoms. The van der Waals surface area contributed by atoms with E-state index in [1.54, 1.807) is 18.5 Å². The molecule has 27 heavy (non-hydrogen) atoms. The van der Waals surface area contributed by atoms with E-state index >= 15 is 0 Å². The van der Waals surface area contributed by atoms with Gasteiger partial charge in [0.1, 0.15) is 11.4 Å². The second-order valence-corrected chi connectivity index (χ2v) is 8.86. The Kier molecular flexibility index (Phi) is 6.03. The number of rotatable bonds is 6.